The van der Waals surface area contributed by atoms with Crippen LogP contribution in [0.1, 0.15) is 33.6 Å². The maximum Gasteiger partial charge on any atom is 0.410 e. The average Bonchev–Trinajstić information content (AvgIpc) is 2.68. The summed E-state index contributed by atoms with van der Waals surface area (Å²) < 4.78 is 11.5. The number of hydrogen-bond acceptors (Lipinski definition) is 7. The third-order valence-electron chi connectivity index (χ3n) is 5.41. The Morgan fingerprint density at radius 3 is 2.80 bits per heavy atom. The van der Waals surface area contributed by atoms with Crippen molar-refractivity contribution in [3.05, 3.63) is 18.2 Å². The van der Waals surface area contributed by atoms with Gasteiger partial charge in [-0.25, -0.2) is 4.79 Å². The minimum Gasteiger partial charge on any atom is -0.489 e. The Labute approximate surface area is 175 Å². The fraction of sp³-hybridized carbons (Fsp3) is 0.571. The molecule has 3 heterocycles. The molecule has 0 bridgehead atoms. The van der Waals surface area contributed by atoms with E-state index < -0.39 is 11.6 Å². The van der Waals surface area contributed by atoms with Gasteiger partial charge in [0.05, 0.1) is 11.7 Å². The molecule has 3 aliphatic heterocycles. The van der Waals surface area contributed by atoms with Crippen LogP contribution in [0.5, 0.6) is 5.75 Å². The average molecular weight is 416 g/mol. The van der Waals surface area contributed by atoms with E-state index >= 15 is 0 Å². The van der Waals surface area contributed by atoms with Crippen molar-refractivity contribution in [2.24, 2.45) is 0 Å². The summed E-state index contributed by atoms with van der Waals surface area (Å²) in [6.07, 6.45) is 0.503. The molecule has 0 radical (unpaired) electrons. The summed E-state index contributed by atoms with van der Waals surface area (Å²) in [5, 5.41) is 5.54. The lowest BCUT2D eigenvalue weighted by Gasteiger charge is -2.45. The van der Waals surface area contributed by atoms with Crippen molar-refractivity contribution >= 4 is 29.3 Å². The number of benzene rings is 1. The van der Waals surface area contributed by atoms with Crippen molar-refractivity contribution in [1.82, 2.24) is 10.2 Å². The number of piperazine rings is 1. The monoisotopic (exact) mass is 416 g/mol. The lowest BCUT2D eigenvalue weighted by atomic mass is 10.0. The summed E-state index contributed by atoms with van der Waals surface area (Å²) in [5.41, 5.74) is 1.23. The maximum absolute atomic E-state index is 12.4. The van der Waals surface area contributed by atoms with Crippen LogP contribution < -0.4 is 20.3 Å². The molecule has 3 amide bonds. The second kappa shape index (κ2) is 7.70. The van der Waals surface area contributed by atoms with E-state index in [9.17, 15) is 14.4 Å². The van der Waals surface area contributed by atoms with Crippen LogP contribution in [0.4, 0.5) is 16.2 Å². The summed E-state index contributed by atoms with van der Waals surface area (Å²) in [6.45, 7) is 7.88. The quantitative estimate of drug-likeness (QED) is 0.708. The van der Waals surface area contributed by atoms with E-state index in [0.29, 0.717) is 39.1 Å². The Kier molecular flexibility index (Phi) is 5.21. The number of rotatable bonds is 2. The molecular formula is C21H28N4O5. The normalized spacial score (nSPS) is 23.7. The molecule has 9 nitrogen and oxygen atoms in total. The van der Waals surface area contributed by atoms with Crippen molar-refractivity contribution in [2.45, 2.75) is 51.3 Å². The molecule has 9 heteroatoms. The van der Waals surface area contributed by atoms with Crippen LogP contribution in [0.25, 0.3) is 0 Å². The summed E-state index contributed by atoms with van der Waals surface area (Å²) in [6, 6.07) is 5.39. The van der Waals surface area contributed by atoms with Crippen LogP contribution in [-0.2, 0) is 14.3 Å². The van der Waals surface area contributed by atoms with Gasteiger partial charge in [-0.3, -0.25) is 14.9 Å². The fourth-order valence-corrected chi connectivity index (χ4v) is 3.98. The molecule has 0 spiro atoms. The number of amides is 3. The number of piperidine rings is 1. The van der Waals surface area contributed by atoms with Gasteiger partial charge in [0.1, 0.15) is 24.0 Å². The smallest absolute Gasteiger partial charge is 0.410 e. The van der Waals surface area contributed by atoms with Gasteiger partial charge >= 0.3 is 6.09 Å². The third kappa shape index (κ3) is 4.29. The standard InChI is InChI=1S/C21H28N4O5/c1-21(2,3)30-20(28)24-8-9-25-14(11-24)12-29-17-10-13(4-6-16(17)25)22-15-5-7-18(26)23-19(15)27/h4,6,10,14-15,22H,5,7-9,11-12H2,1-3H3,(H,23,26,27). The minimum atomic E-state index is -0.518. The first-order valence-electron chi connectivity index (χ1n) is 10.3. The highest BCUT2D eigenvalue weighted by atomic mass is 16.6. The highest BCUT2D eigenvalue weighted by Gasteiger charge is 2.36. The molecule has 2 fully saturated rings. The van der Waals surface area contributed by atoms with Crippen LogP contribution in [-0.4, -0.2) is 66.7 Å². The molecule has 0 aliphatic carbocycles. The van der Waals surface area contributed by atoms with E-state index in [1.54, 1.807) is 4.90 Å². The van der Waals surface area contributed by atoms with E-state index in [-0.39, 0.29) is 23.9 Å². The van der Waals surface area contributed by atoms with Crippen molar-refractivity contribution in [2.75, 3.05) is 36.5 Å². The zero-order chi connectivity index (χ0) is 21.5. The molecule has 162 valence electrons. The second-order valence-electron chi connectivity index (χ2n) is 8.92. The molecule has 3 aliphatic rings. The van der Waals surface area contributed by atoms with E-state index in [1.807, 2.05) is 39.0 Å². The minimum absolute atomic E-state index is 0.0627. The van der Waals surface area contributed by atoms with Crippen molar-refractivity contribution in [3.8, 4) is 5.75 Å². The molecule has 2 atom stereocenters. The molecule has 2 N–H and O–H groups in total. The van der Waals surface area contributed by atoms with E-state index in [2.05, 4.69) is 15.5 Å². The Bertz CT molecular complexity index is 865. The first-order chi connectivity index (χ1) is 14.2. The number of ether oxygens (including phenoxy) is 2. The number of fused-ring (bicyclic) bond motifs is 3. The lowest BCUT2D eigenvalue weighted by Crippen LogP contribution is -2.59. The second-order valence-corrected chi connectivity index (χ2v) is 8.92. The third-order valence-corrected chi connectivity index (χ3v) is 5.41. The van der Waals surface area contributed by atoms with Gasteiger partial charge in [0.15, 0.2) is 0 Å². The van der Waals surface area contributed by atoms with E-state index in [1.165, 1.54) is 0 Å². The molecule has 1 aromatic carbocycles. The number of anilines is 2. The van der Waals surface area contributed by atoms with E-state index in [0.717, 1.165) is 17.1 Å². The van der Waals surface area contributed by atoms with E-state index in [4.69, 9.17) is 9.47 Å². The highest BCUT2D eigenvalue weighted by molar-refractivity contribution is 6.01. The SMILES string of the molecule is CC(C)(C)OC(=O)N1CCN2c3ccc(NC4CCC(=O)NC4=O)cc3OCC2C1. The molecule has 1 aromatic rings. The Morgan fingerprint density at radius 1 is 1.27 bits per heavy atom. The lowest BCUT2D eigenvalue weighted by molar-refractivity contribution is -0.133. The number of carbonyl (C=O) groups is 3. The number of imide groups is 1. The zero-order valence-electron chi connectivity index (χ0n) is 17.6. The van der Waals surface area contributed by atoms with Gasteiger partial charge in [0, 0.05) is 37.8 Å². The number of nitrogens with one attached hydrogen (secondary N) is 2. The number of hydrogen-bond donors (Lipinski definition) is 2. The number of carbonyl (C=O) groups excluding carboxylic acids is 3. The molecule has 30 heavy (non-hydrogen) atoms. The molecule has 0 saturated carbocycles. The Balaban J connectivity index is 1.42. The first-order valence-corrected chi connectivity index (χ1v) is 10.3. The predicted octanol–water partition coefficient (Wildman–Crippen LogP) is 1.72. The Hall–Kier alpha value is -2.97. The molecule has 2 saturated heterocycles. The molecule has 2 unspecified atom stereocenters. The first kappa shape index (κ1) is 20.3. The largest absolute Gasteiger partial charge is 0.489 e. The Morgan fingerprint density at radius 2 is 2.07 bits per heavy atom. The van der Waals surface area contributed by atoms with Gasteiger partial charge in [-0.05, 0) is 39.3 Å². The van der Waals surface area contributed by atoms with Crippen LogP contribution in [0.2, 0.25) is 0 Å². The topological polar surface area (TPSA) is 100 Å². The molecule has 0 aromatic heterocycles. The highest BCUT2D eigenvalue weighted by Crippen LogP contribution is 2.37. The van der Waals surface area contributed by atoms with Crippen molar-refractivity contribution < 1.29 is 23.9 Å². The number of nitrogens with zero attached hydrogens (tertiary/aromatic N) is 2. The molecule has 4 rings (SSSR count). The van der Waals surface area contributed by atoms with Gasteiger partial charge in [-0.1, -0.05) is 0 Å². The maximum atomic E-state index is 12.4. The van der Waals surface area contributed by atoms with Crippen molar-refractivity contribution in [3.63, 3.8) is 0 Å². The summed E-state index contributed by atoms with van der Waals surface area (Å²) >= 11 is 0. The van der Waals surface area contributed by atoms with Gasteiger partial charge in [-0.15, -0.1) is 0 Å². The van der Waals surface area contributed by atoms with Crippen LogP contribution in [0, 0.1) is 0 Å². The fourth-order valence-electron chi connectivity index (χ4n) is 3.98. The summed E-state index contributed by atoms with van der Waals surface area (Å²) in [5.74, 6) is 0.209. The van der Waals surface area contributed by atoms with Gasteiger partial charge < -0.3 is 24.6 Å². The zero-order valence-corrected chi connectivity index (χ0v) is 17.6. The molecular weight excluding hydrogens is 388 g/mol. The predicted molar refractivity (Wildman–Crippen MR) is 111 cm³/mol. The summed E-state index contributed by atoms with van der Waals surface area (Å²) in [7, 11) is 0. The summed E-state index contributed by atoms with van der Waals surface area (Å²) in [4.78, 5) is 39.7. The van der Waals surface area contributed by atoms with Crippen LogP contribution in [0.15, 0.2) is 18.2 Å². The van der Waals surface area contributed by atoms with Gasteiger partial charge in [0.2, 0.25) is 11.8 Å². The van der Waals surface area contributed by atoms with Crippen LogP contribution in [0.3, 0.4) is 0 Å². The van der Waals surface area contributed by atoms with Crippen molar-refractivity contribution in [1.29, 1.82) is 0 Å². The van der Waals surface area contributed by atoms with Crippen LogP contribution >= 0.6 is 0 Å². The van der Waals surface area contributed by atoms with Gasteiger partial charge in [0.25, 0.3) is 0 Å². The van der Waals surface area contributed by atoms with Gasteiger partial charge in [-0.2, -0.15) is 0 Å².